The fourth-order valence-electron chi connectivity index (χ4n) is 2.57. The summed E-state index contributed by atoms with van der Waals surface area (Å²) in [6, 6.07) is 0.314. The molecule has 0 aliphatic heterocycles. The molecule has 0 atom stereocenters. The first-order chi connectivity index (χ1) is 8.18. The Balaban J connectivity index is 1.88. The van der Waals surface area contributed by atoms with Gasteiger partial charge >= 0.3 is 0 Å². The van der Waals surface area contributed by atoms with Gasteiger partial charge in [-0.05, 0) is 26.7 Å². The van der Waals surface area contributed by atoms with Crippen LogP contribution in [0.4, 0.5) is 0 Å². The maximum atomic E-state index is 12.0. The molecule has 17 heavy (non-hydrogen) atoms. The van der Waals surface area contributed by atoms with Crippen molar-refractivity contribution in [2.75, 3.05) is 0 Å². The number of Topliss-reactive ketones (excluding diaryl/α,β-unsaturated/α-hetero) is 1. The van der Waals surface area contributed by atoms with E-state index in [0.717, 1.165) is 25.1 Å². The van der Waals surface area contributed by atoms with Gasteiger partial charge in [-0.25, -0.2) is 9.67 Å². The number of aromatic nitrogens is 3. The third kappa shape index (κ3) is 2.93. The fourth-order valence-corrected chi connectivity index (χ4v) is 2.57. The van der Waals surface area contributed by atoms with E-state index in [-0.39, 0.29) is 0 Å². The Bertz CT molecular complexity index is 378. The number of nitrogens with zero attached hydrogens (tertiary/aromatic N) is 3. The third-order valence-corrected chi connectivity index (χ3v) is 3.54. The maximum Gasteiger partial charge on any atom is 0.138 e. The van der Waals surface area contributed by atoms with Crippen molar-refractivity contribution in [3.05, 3.63) is 12.2 Å². The molecular weight excluding hydrogens is 214 g/mol. The number of carbonyl (C=O) groups is 1. The van der Waals surface area contributed by atoms with Gasteiger partial charge in [-0.2, -0.15) is 5.10 Å². The normalized spacial score (nSPS) is 16.9. The van der Waals surface area contributed by atoms with Crippen molar-refractivity contribution < 1.29 is 4.79 Å². The van der Waals surface area contributed by atoms with Gasteiger partial charge in [-0.3, -0.25) is 4.79 Å². The quantitative estimate of drug-likeness (QED) is 0.788. The van der Waals surface area contributed by atoms with E-state index in [1.165, 1.54) is 12.8 Å². The first-order valence-electron chi connectivity index (χ1n) is 6.59. The van der Waals surface area contributed by atoms with E-state index in [4.69, 9.17) is 0 Å². The predicted molar refractivity (Wildman–Crippen MR) is 65.7 cm³/mol. The smallest absolute Gasteiger partial charge is 0.138 e. The van der Waals surface area contributed by atoms with E-state index in [2.05, 4.69) is 23.9 Å². The first-order valence-corrected chi connectivity index (χ1v) is 6.59. The van der Waals surface area contributed by atoms with Crippen LogP contribution in [0.5, 0.6) is 0 Å². The Labute approximate surface area is 102 Å². The molecule has 1 fully saturated rings. The summed E-state index contributed by atoms with van der Waals surface area (Å²) in [7, 11) is 0. The molecule has 1 heterocycles. The molecule has 0 bridgehead atoms. The standard InChI is InChI=1S/C13H21N3O/c1-10(2)16-13(14-9-15-16)8-7-12(17)11-5-3-4-6-11/h9-11H,3-8H2,1-2H3. The van der Waals surface area contributed by atoms with Crippen LogP contribution >= 0.6 is 0 Å². The molecule has 4 heteroatoms. The lowest BCUT2D eigenvalue weighted by molar-refractivity contribution is -0.122. The van der Waals surface area contributed by atoms with Crippen LogP contribution in [0.15, 0.2) is 6.33 Å². The molecule has 2 rings (SSSR count). The average molecular weight is 235 g/mol. The zero-order valence-corrected chi connectivity index (χ0v) is 10.7. The SMILES string of the molecule is CC(C)n1ncnc1CCC(=O)C1CCCC1. The van der Waals surface area contributed by atoms with Crippen molar-refractivity contribution in [2.24, 2.45) is 5.92 Å². The number of aryl methyl sites for hydroxylation is 1. The topological polar surface area (TPSA) is 47.8 Å². The van der Waals surface area contributed by atoms with Crippen molar-refractivity contribution in [3.8, 4) is 0 Å². The van der Waals surface area contributed by atoms with Crippen molar-refractivity contribution in [3.63, 3.8) is 0 Å². The summed E-state index contributed by atoms with van der Waals surface area (Å²) in [5.41, 5.74) is 0. The van der Waals surface area contributed by atoms with Crippen LogP contribution in [0, 0.1) is 5.92 Å². The van der Waals surface area contributed by atoms with Crippen LogP contribution < -0.4 is 0 Å². The molecule has 0 N–H and O–H groups in total. The second-order valence-electron chi connectivity index (χ2n) is 5.16. The van der Waals surface area contributed by atoms with E-state index in [9.17, 15) is 4.79 Å². The minimum Gasteiger partial charge on any atom is -0.299 e. The van der Waals surface area contributed by atoms with Gasteiger partial charge in [-0.15, -0.1) is 0 Å². The van der Waals surface area contributed by atoms with Gasteiger partial charge in [0.1, 0.15) is 17.9 Å². The van der Waals surface area contributed by atoms with Crippen LogP contribution in [0.1, 0.15) is 57.8 Å². The van der Waals surface area contributed by atoms with Gasteiger partial charge in [0.2, 0.25) is 0 Å². The second-order valence-corrected chi connectivity index (χ2v) is 5.16. The van der Waals surface area contributed by atoms with Crippen LogP contribution in [0.3, 0.4) is 0 Å². The third-order valence-electron chi connectivity index (χ3n) is 3.54. The number of ketones is 1. The van der Waals surface area contributed by atoms with Gasteiger partial charge in [0.15, 0.2) is 0 Å². The Kier molecular flexibility index (Phi) is 3.92. The molecule has 1 aromatic rings. The first kappa shape index (κ1) is 12.3. The lowest BCUT2D eigenvalue weighted by Gasteiger charge is -2.10. The molecule has 1 aliphatic carbocycles. The minimum atomic E-state index is 0.314. The molecule has 1 aromatic heterocycles. The van der Waals surface area contributed by atoms with Crippen molar-refractivity contribution in [1.29, 1.82) is 0 Å². The molecule has 4 nitrogen and oxygen atoms in total. The lowest BCUT2D eigenvalue weighted by atomic mass is 9.99. The summed E-state index contributed by atoms with van der Waals surface area (Å²) in [5, 5.41) is 4.19. The van der Waals surface area contributed by atoms with Crippen LogP contribution in [-0.4, -0.2) is 20.5 Å². The van der Waals surface area contributed by atoms with Crippen LogP contribution in [0.25, 0.3) is 0 Å². The summed E-state index contributed by atoms with van der Waals surface area (Å²) in [4.78, 5) is 16.2. The number of carbonyl (C=O) groups excluding carboxylic acids is 1. The monoisotopic (exact) mass is 235 g/mol. The molecule has 0 amide bonds. The second kappa shape index (κ2) is 5.43. The highest BCUT2D eigenvalue weighted by Crippen LogP contribution is 2.26. The van der Waals surface area contributed by atoms with Crippen molar-refractivity contribution in [2.45, 2.75) is 58.4 Å². The fraction of sp³-hybridized carbons (Fsp3) is 0.769. The number of hydrogen-bond donors (Lipinski definition) is 0. The van der Waals surface area contributed by atoms with Crippen LogP contribution in [-0.2, 0) is 11.2 Å². The molecule has 0 unspecified atom stereocenters. The molecule has 0 aromatic carbocycles. The minimum absolute atomic E-state index is 0.314. The molecule has 1 saturated carbocycles. The highest BCUT2D eigenvalue weighted by atomic mass is 16.1. The van der Waals surface area contributed by atoms with Crippen molar-refractivity contribution >= 4 is 5.78 Å². The Morgan fingerprint density at radius 1 is 1.47 bits per heavy atom. The van der Waals surface area contributed by atoms with Gasteiger partial charge in [-0.1, -0.05) is 12.8 Å². The van der Waals surface area contributed by atoms with E-state index in [0.29, 0.717) is 24.2 Å². The summed E-state index contributed by atoms with van der Waals surface area (Å²) in [6.07, 6.45) is 7.56. The summed E-state index contributed by atoms with van der Waals surface area (Å²) in [5.74, 6) is 1.68. The number of rotatable bonds is 5. The molecular formula is C13H21N3O. The van der Waals surface area contributed by atoms with E-state index >= 15 is 0 Å². The predicted octanol–water partition coefficient (Wildman–Crippen LogP) is 2.55. The highest BCUT2D eigenvalue weighted by molar-refractivity contribution is 5.81. The zero-order valence-electron chi connectivity index (χ0n) is 10.7. The van der Waals surface area contributed by atoms with Crippen molar-refractivity contribution in [1.82, 2.24) is 14.8 Å². The Morgan fingerprint density at radius 2 is 2.18 bits per heavy atom. The van der Waals surface area contributed by atoms with E-state index < -0.39 is 0 Å². The largest absolute Gasteiger partial charge is 0.299 e. The Morgan fingerprint density at radius 3 is 2.82 bits per heavy atom. The van der Waals surface area contributed by atoms with E-state index in [1.54, 1.807) is 6.33 Å². The van der Waals surface area contributed by atoms with E-state index in [1.807, 2.05) is 4.68 Å². The molecule has 0 spiro atoms. The van der Waals surface area contributed by atoms with Gasteiger partial charge < -0.3 is 0 Å². The zero-order chi connectivity index (χ0) is 12.3. The van der Waals surface area contributed by atoms with Gasteiger partial charge in [0, 0.05) is 24.8 Å². The summed E-state index contributed by atoms with van der Waals surface area (Å²) >= 11 is 0. The molecule has 1 aliphatic rings. The average Bonchev–Trinajstić information content (AvgIpc) is 2.96. The lowest BCUT2D eigenvalue weighted by Crippen LogP contribution is -2.14. The number of hydrogen-bond acceptors (Lipinski definition) is 3. The summed E-state index contributed by atoms with van der Waals surface area (Å²) in [6.45, 7) is 4.16. The maximum absolute atomic E-state index is 12.0. The van der Waals surface area contributed by atoms with Crippen LogP contribution in [0.2, 0.25) is 0 Å². The molecule has 0 radical (unpaired) electrons. The molecule has 0 saturated heterocycles. The van der Waals surface area contributed by atoms with Gasteiger partial charge in [0.05, 0.1) is 0 Å². The highest BCUT2D eigenvalue weighted by Gasteiger charge is 2.22. The Hall–Kier alpha value is -1.19. The molecule has 94 valence electrons. The summed E-state index contributed by atoms with van der Waals surface area (Å²) < 4.78 is 1.90. The van der Waals surface area contributed by atoms with Gasteiger partial charge in [0.25, 0.3) is 0 Å².